The summed E-state index contributed by atoms with van der Waals surface area (Å²) in [6.07, 6.45) is 1.44. The largest absolute Gasteiger partial charge is 0.462 e. The van der Waals surface area contributed by atoms with E-state index in [9.17, 15) is 4.79 Å². The van der Waals surface area contributed by atoms with Crippen molar-refractivity contribution in [1.82, 2.24) is 4.98 Å². The first-order chi connectivity index (χ1) is 9.35. The molecule has 5 heteroatoms. The van der Waals surface area contributed by atoms with Crippen LogP contribution in [-0.2, 0) is 14.9 Å². The standard InChI is InChI=1S/C15H19N3O2/c1-9(2)20-14(19)11-7-17-8-15(3,4)12-5-10(6-16)18-13(11)12/h5,7,9,11,18H,8H2,1-4H3. The minimum atomic E-state index is -0.573. The van der Waals surface area contributed by atoms with Crippen molar-refractivity contribution in [1.29, 1.82) is 5.26 Å². The van der Waals surface area contributed by atoms with E-state index in [1.807, 2.05) is 27.7 Å². The van der Waals surface area contributed by atoms with Gasteiger partial charge in [-0.2, -0.15) is 5.26 Å². The summed E-state index contributed by atoms with van der Waals surface area (Å²) < 4.78 is 5.28. The minimum absolute atomic E-state index is 0.180. The Labute approximate surface area is 118 Å². The Morgan fingerprint density at radius 2 is 2.30 bits per heavy atom. The zero-order valence-electron chi connectivity index (χ0n) is 12.2. The number of hydrogen-bond acceptors (Lipinski definition) is 4. The van der Waals surface area contributed by atoms with Crippen molar-refractivity contribution in [3.05, 3.63) is 23.0 Å². The van der Waals surface area contributed by atoms with E-state index in [4.69, 9.17) is 10.00 Å². The molecule has 0 bridgehead atoms. The molecule has 0 saturated heterocycles. The predicted molar refractivity (Wildman–Crippen MR) is 75.9 cm³/mol. The lowest BCUT2D eigenvalue weighted by Crippen LogP contribution is -2.24. The van der Waals surface area contributed by atoms with Crippen molar-refractivity contribution in [2.24, 2.45) is 4.99 Å². The van der Waals surface area contributed by atoms with E-state index in [0.29, 0.717) is 12.2 Å². The summed E-state index contributed by atoms with van der Waals surface area (Å²) in [7, 11) is 0. The molecule has 0 radical (unpaired) electrons. The molecule has 0 spiro atoms. The van der Waals surface area contributed by atoms with Gasteiger partial charge in [0, 0.05) is 23.9 Å². The third-order valence-electron chi connectivity index (χ3n) is 3.36. The Kier molecular flexibility index (Phi) is 3.67. The fourth-order valence-corrected chi connectivity index (χ4v) is 2.37. The fourth-order valence-electron chi connectivity index (χ4n) is 2.37. The van der Waals surface area contributed by atoms with Crippen molar-refractivity contribution in [2.45, 2.75) is 45.1 Å². The van der Waals surface area contributed by atoms with E-state index in [2.05, 4.69) is 16.0 Å². The van der Waals surface area contributed by atoms with E-state index in [0.717, 1.165) is 11.3 Å². The molecule has 2 heterocycles. The average Bonchev–Trinajstić information content (AvgIpc) is 2.73. The molecule has 20 heavy (non-hydrogen) atoms. The number of rotatable bonds is 2. The number of aromatic nitrogens is 1. The van der Waals surface area contributed by atoms with Gasteiger partial charge in [0.05, 0.1) is 6.10 Å². The lowest BCUT2D eigenvalue weighted by molar-refractivity contribution is -0.147. The Morgan fingerprint density at radius 3 is 2.90 bits per heavy atom. The van der Waals surface area contributed by atoms with Gasteiger partial charge in [-0.3, -0.25) is 9.79 Å². The molecule has 0 aliphatic carbocycles. The second kappa shape index (κ2) is 5.12. The molecule has 5 nitrogen and oxygen atoms in total. The first kappa shape index (κ1) is 14.3. The number of nitrogens with zero attached hydrogens (tertiary/aromatic N) is 2. The summed E-state index contributed by atoms with van der Waals surface area (Å²) in [5, 5.41) is 9.07. The maximum Gasteiger partial charge on any atom is 0.320 e. The summed E-state index contributed by atoms with van der Waals surface area (Å²) in [4.78, 5) is 19.6. The second-order valence-electron chi connectivity index (χ2n) is 5.96. The van der Waals surface area contributed by atoms with Crippen LogP contribution in [0.2, 0.25) is 0 Å². The quantitative estimate of drug-likeness (QED) is 0.840. The highest BCUT2D eigenvalue weighted by Crippen LogP contribution is 2.34. The van der Waals surface area contributed by atoms with Crippen LogP contribution in [0, 0.1) is 11.3 Å². The number of H-pyrrole nitrogens is 1. The molecular weight excluding hydrogens is 254 g/mol. The van der Waals surface area contributed by atoms with E-state index in [1.54, 1.807) is 12.3 Å². The van der Waals surface area contributed by atoms with Crippen LogP contribution < -0.4 is 0 Å². The normalized spacial score (nSPS) is 20.1. The van der Waals surface area contributed by atoms with Gasteiger partial charge >= 0.3 is 5.97 Å². The Morgan fingerprint density at radius 1 is 1.60 bits per heavy atom. The maximum atomic E-state index is 12.2. The zero-order valence-corrected chi connectivity index (χ0v) is 12.2. The van der Waals surface area contributed by atoms with Gasteiger partial charge in [0.15, 0.2) is 0 Å². The average molecular weight is 273 g/mol. The fraction of sp³-hybridized carbons (Fsp3) is 0.533. The van der Waals surface area contributed by atoms with Crippen molar-refractivity contribution in [3.63, 3.8) is 0 Å². The van der Waals surface area contributed by atoms with E-state index in [-0.39, 0.29) is 17.5 Å². The number of nitriles is 1. The number of hydrogen-bond donors (Lipinski definition) is 1. The highest BCUT2D eigenvalue weighted by Gasteiger charge is 2.34. The Bertz CT molecular complexity index is 591. The van der Waals surface area contributed by atoms with Crippen LogP contribution in [0.4, 0.5) is 0 Å². The van der Waals surface area contributed by atoms with Gasteiger partial charge < -0.3 is 9.72 Å². The first-order valence-electron chi connectivity index (χ1n) is 6.69. The highest BCUT2D eigenvalue weighted by atomic mass is 16.5. The molecule has 1 aliphatic heterocycles. The zero-order chi connectivity index (χ0) is 14.9. The van der Waals surface area contributed by atoms with E-state index >= 15 is 0 Å². The molecular formula is C15H19N3O2. The summed E-state index contributed by atoms with van der Waals surface area (Å²) in [5.41, 5.74) is 1.92. The van der Waals surface area contributed by atoms with Gasteiger partial charge in [0.25, 0.3) is 0 Å². The summed E-state index contributed by atoms with van der Waals surface area (Å²) in [6.45, 7) is 8.30. The van der Waals surface area contributed by atoms with Gasteiger partial charge in [-0.05, 0) is 25.5 Å². The van der Waals surface area contributed by atoms with Crippen LogP contribution in [0.1, 0.15) is 50.6 Å². The molecule has 0 aromatic carbocycles. The minimum Gasteiger partial charge on any atom is -0.462 e. The third kappa shape index (κ3) is 2.60. The monoisotopic (exact) mass is 273 g/mol. The molecule has 106 valence electrons. The number of aromatic amines is 1. The van der Waals surface area contributed by atoms with E-state index in [1.165, 1.54) is 0 Å². The van der Waals surface area contributed by atoms with Crippen LogP contribution in [-0.4, -0.2) is 29.8 Å². The molecule has 2 rings (SSSR count). The van der Waals surface area contributed by atoms with Crippen LogP contribution in [0.5, 0.6) is 0 Å². The summed E-state index contributed by atoms with van der Waals surface area (Å²) in [6, 6.07) is 3.90. The van der Waals surface area contributed by atoms with Gasteiger partial charge in [0.1, 0.15) is 17.7 Å². The molecule has 1 aliphatic rings. The Balaban J connectivity index is 2.48. The SMILES string of the molecule is CC(C)OC(=O)C1C=NCC(C)(C)c2cc(C#N)[nH]c21. The van der Waals surface area contributed by atoms with Crippen LogP contribution in [0.25, 0.3) is 0 Å². The number of fused-ring (bicyclic) bond motifs is 1. The van der Waals surface area contributed by atoms with Crippen LogP contribution in [0.15, 0.2) is 11.1 Å². The lowest BCUT2D eigenvalue weighted by atomic mass is 9.83. The van der Waals surface area contributed by atoms with Crippen molar-refractivity contribution in [2.75, 3.05) is 6.54 Å². The number of ether oxygens (including phenoxy) is 1. The smallest absolute Gasteiger partial charge is 0.320 e. The molecule has 0 saturated carbocycles. The van der Waals surface area contributed by atoms with Crippen LogP contribution >= 0.6 is 0 Å². The number of carbonyl (C=O) groups excluding carboxylic acids is 1. The third-order valence-corrected chi connectivity index (χ3v) is 3.36. The van der Waals surface area contributed by atoms with Gasteiger partial charge in [-0.15, -0.1) is 0 Å². The number of carbonyl (C=O) groups is 1. The number of aliphatic imine (C=N–C) groups is 1. The maximum absolute atomic E-state index is 12.2. The molecule has 1 atom stereocenters. The first-order valence-corrected chi connectivity index (χ1v) is 6.69. The van der Waals surface area contributed by atoms with Gasteiger partial charge in [-0.1, -0.05) is 13.8 Å². The summed E-state index contributed by atoms with van der Waals surface area (Å²) in [5.74, 6) is -0.912. The van der Waals surface area contributed by atoms with Gasteiger partial charge in [-0.25, -0.2) is 0 Å². The topological polar surface area (TPSA) is 78.2 Å². The number of esters is 1. The molecule has 1 aromatic heterocycles. The highest BCUT2D eigenvalue weighted by molar-refractivity contribution is 5.96. The molecule has 1 unspecified atom stereocenters. The Hall–Kier alpha value is -2.09. The number of nitrogens with one attached hydrogen (secondary N) is 1. The molecule has 0 amide bonds. The second-order valence-corrected chi connectivity index (χ2v) is 5.96. The van der Waals surface area contributed by atoms with E-state index < -0.39 is 5.92 Å². The van der Waals surface area contributed by atoms with Crippen molar-refractivity contribution < 1.29 is 9.53 Å². The van der Waals surface area contributed by atoms with Crippen LogP contribution in [0.3, 0.4) is 0 Å². The van der Waals surface area contributed by atoms with Crippen molar-refractivity contribution >= 4 is 12.2 Å². The van der Waals surface area contributed by atoms with Crippen molar-refractivity contribution in [3.8, 4) is 6.07 Å². The molecule has 1 aromatic rings. The van der Waals surface area contributed by atoms with Gasteiger partial charge in [0.2, 0.25) is 0 Å². The molecule has 1 N–H and O–H groups in total. The predicted octanol–water partition coefficient (Wildman–Crippen LogP) is 2.28. The summed E-state index contributed by atoms with van der Waals surface area (Å²) >= 11 is 0. The molecule has 0 fully saturated rings. The lowest BCUT2D eigenvalue weighted by Gasteiger charge is -2.22.